The normalized spacial score (nSPS) is 29.4. The third-order valence-corrected chi connectivity index (χ3v) is 2.50. The van der Waals surface area contributed by atoms with Crippen LogP contribution in [0.2, 0.25) is 0 Å². The van der Waals surface area contributed by atoms with E-state index in [1.54, 1.807) is 0 Å². The van der Waals surface area contributed by atoms with Gasteiger partial charge in [-0.2, -0.15) is 0 Å². The molecular weight excluding hydrogens is 178 g/mol. The maximum atomic E-state index is 11.6. The van der Waals surface area contributed by atoms with Crippen LogP contribution in [0.25, 0.3) is 0 Å². The van der Waals surface area contributed by atoms with Gasteiger partial charge in [0.05, 0.1) is 0 Å². The maximum absolute atomic E-state index is 11.6. The van der Waals surface area contributed by atoms with Crippen LogP contribution in [0.15, 0.2) is 12.7 Å². The minimum atomic E-state index is -0.196. The smallest absolute Gasteiger partial charge is 0.238 e. The molecule has 0 aromatic carbocycles. The Bertz CT molecular complexity index is 217. The van der Waals surface area contributed by atoms with Crippen LogP contribution < -0.4 is 11.1 Å². The Hall–Kier alpha value is -0.870. The fourth-order valence-electron chi connectivity index (χ4n) is 1.77. The number of nitrogens with zero attached hydrogens (tertiary/aromatic N) is 1. The van der Waals surface area contributed by atoms with Crippen LogP contribution in [0, 0.1) is 5.92 Å². The number of carbonyl (C=O) groups excluding carboxylic acids is 1. The molecule has 0 aliphatic carbocycles. The zero-order valence-electron chi connectivity index (χ0n) is 8.70. The number of hydrogen-bond donors (Lipinski definition) is 2. The Morgan fingerprint density at radius 2 is 2.50 bits per heavy atom. The number of amides is 1. The molecule has 14 heavy (non-hydrogen) atoms. The molecule has 4 heteroatoms. The molecule has 4 nitrogen and oxygen atoms in total. The van der Waals surface area contributed by atoms with Crippen molar-refractivity contribution in [3.63, 3.8) is 0 Å². The van der Waals surface area contributed by atoms with E-state index in [1.165, 1.54) is 0 Å². The quantitative estimate of drug-likeness (QED) is 0.603. The Kier molecular flexibility index (Phi) is 4.10. The monoisotopic (exact) mass is 197 g/mol. The summed E-state index contributed by atoms with van der Waals surface area (Å²) in [5, 5.41) is 2.89. The predicted molar refractivity (Wildman–Crippen MR) is 56.8 cm³/mol. The van der Waals surface area contributed by atoms with E-state index >= 15 is 0 Å². The molecule has 0 saturated carbocycles. The zero-order valence-corrected chi connectivity index (χ0v) is 8.70. The Morgan fingerprint density at radius 3 is 3.07 bits per heavy atom. The van der Waals surface area contributed by atoms with Crippen LogP contribution in [-0.2, 0) is 4.79 Å². The van der Waals surface area contributed by atoms with Crippen LogP contribution in [-0.4, -0.2) is 43.0 Å². The number of nitrogens with one attached hydrogen (secondary N) is 1. The van der Waals surface area contributed by atoms with Gasteiger partial charge < -0.3 is 11.1 Å². The second-order valence-corrected chi connectivity index (χ2v) is 3.84. The lowest BCUT2D eigenvalue weighted by Gasteiger charge is -2.26. The van der Waals surface area contributed by atoms with Gasteiger partial charge in [0.1, 0.15) is 6.04 Å². The molecule has 0 aromatic rings. The van der Waals surface area contributed by atoms with Gasteiger partial charge in [0, 0.05) is 26.2 Å². The molecule has 3 N–H and O–H groups in total. The second-order valence-electron chi connectivity index (χ2n) is 3.84. The summed E-state index contributed by atoms with van der Waals surface area (Å²) in [5.41, 5.74) is 5.59. The molecule has 1 amide bonds. The van der Waals surface area contributed by atoms with Crippen LogP contribution in [0.5, 0.6) is 0 Å². The van der Waals surface area contributed by atoms with E-state index in [0.29, 0.717) is 12.5 Å². The summed E-state index contributed by atoms with van der Waals surface area (Å²) in [6, 6.07) is -0.196. The lowest BCUT2D eigenvalue weighted by molar-refractivity contribution is -0.124. The summed E-state index contributed by atoms with van der Waals surface area (Å²) in [5.74, 6) is 0.508. The highest BCUT2D eigenvalue weighted by Crippen LogP contribution is 2.08. The number of rotatable bonds is 3. The third kappa shape index (κ3) is 2.56. The maximum Gasteiger partial charge on any atom is 0.238 e. The molecule has 1 rings (SSSR count). The molecule has 1 aliphatic rings. The van der Waals surface area contributed by atoms with Crippen LogP contribution in [0.4, 0.5) is 0 Å². The molecule has 2 atom stereocenters. The molecule has 1 heterocycles. The van der Waals surface area contributed by atoms with Gasteiger partial charge in [-0.25, -0.2) is 0 Å². The molecule has 1 fully saturated rings. The Labute approximate surface area is 85.1 Å². The van der Waals surface area contributed by atoms with E-state index in [2.05, 4.69) is 23.7 Å². The minimum Gasteiger partial charge on any atom is -0.354 e. The van der Waals surface area contributed by atoms with Crippen molar-refractivity contribution in [3.05, 3.63) is 12.7 Å². The third-order valence-electron chi connectivity index (χ3n) is 2.50. The van der Waals surface area contributed by atoms with E-state index in [1.807, 2.05) is 6.08 Å². The first-order valence-corrected chi connectivity index (χ1v) is 5.01. The van der Waals surface area contributed by atoms with E-state index in [0.717, 1.165) is 19.6 Å². The largest absolute Gasteiger partial charge is 0.354 e. The summed E-state index contributed by atoms with van der Waals surface area (Å²) >= 11 is 0. The summed E-state index contributed by atoms with van der Waals surface area (Å²) in [4.78, 5) is 13.7. The number of carbonyl (C=O) groups is 1. The molecule has 2 unspecified atom stereocenters. The number of hydrogen-bond acceptors (Lipinski definition) is 3. The van der Waals surface area contributed by atoms with Crippen molar-refractivity contribution < 1.29 is 4.79 Å². The van der Waals surface area contributed by atoms with Crippen LogP contribution >= 0.6 is 0 Å². The standard InChI is InChI=1S/C10H19N3O/c1-3-4-13-7-8(2)6-12-10(14)9(13)5-11/h3,8-9H,1,4-7,11H2,2H3,(H,12,14). The first-order valence-electron chi connectivity index (χ1n) is 5.01. The van der Waals surface area contributed by atoms with E-state index in [9.17, 15) is 4.79 Å². The lowest BCUT2D eigenvalue weighted by Crippen LogP contribution is -2.48. The van der Waals surface area contributed by atoms with Crippen LogP contribution in [0.3, 0.4) is 0 Å². The SMILES string of the molecule is C=CCN1CC(C)CNC(=O)C1CN. The summed E-state index contributed by atoms with van der Waals surface area (Å²) < 4.78 is 0. The van der Waals surface area contributed by atoms with Gasteiger partial charge >= 0.3 is 0 Å². The van der Waals surface area contributed by atoms with Gasteiger partial charge in [0.15, 0.2) is 0 Å². The van der Waals surface area contributed by atoms with Crippen molar-refractivity contribution in [1.82, 2.24) is 10.2 Å². The predicted octanol–water partition coefficient (Wildman–Crippen LogP) is -0.432. The van der Waals surface area contributed by atoms with Crippen molar-refractivity contribution in [1.29, 1.82) is 0 Å². The van der Waals surface area contributed by atoms with Gasteiger partial charge in [0.2, 0.25) is 5.91 Å². The van der Waals surface area contributed by atoms with E-state index in [4.69, 9.17) is 5.73 Å². The van der Waals surface area contributed by atoms with E-state index < -0.39 is 0 Å². The molecule has 0 spiro atoms. The molecule has 80 valence electrons. The molecular formula is C10H19N3O. The van der Waals surface area contributed by atoms with E-state index in [-0.39, 0.29) is 11.9 Å². The highest BCUT2D eigenvalue weighted by atomic mass is 16.2. The average molecular weight is 197 g/mol. The molecule has 1 aliphatic heterocycles. The summed E-state index contributed by atoms with van der Waals surface area (Å²) in [6.07, 6.45) is 1.81. The van der Waals surface area contributed by atoms with Crippen molar-refractivity contribution in [2.45, 2.75) is 13.0 Å². The summed E-state index contributed by atoms with van der Waals surface area (Å²) in [7, 11) is 0. The Morgan fingerprint density at radius 1 is 1.79 bits per heavy atom. The fraction of sp³-hybridized carbons (Fsp3) is 0.700. The molecule has 0 bridgehead atoms. The highest BCUT2D eigenvalue weighted by Gasteiger charge is 2.28. The average Bonchev–Trinajstić information content (AvgIpc) is 2.27. The van der Waals surface area contributed by atoms with Gasteiger partial charge in [-0.05, 0) is 5.92 Å². The van der Waals surface area contributed by atoms with Gasteiger partial charge in [-0.1, -0.05) is 13.0 Å². The number of nitrogens with two attached hydrogens (primary N) is 1. The Balaban J connectivity index is 2.72. The lowest BCUT2D eigenvalue weighted by atomic mass is 10.1. The van der Waals surface area contributed by atoms with Crippen molar-refractivity contribution in [3.8, 4) is 0 Å². The fourth-order valence-corrected chi connectivity index (χ4v) is 1.77. The molecule has 0 radical (unpaired) electrons. The summed E-state index contributed by atoms with van der Waals surface area (Å²) in [6.45, 7) is 8.53. The van der Waals surface area contributed by atoms with Gasteiger partial charge in [0.25, 0.3) is 0 Å². The zero-order chi connectivity index (χ0) is 10.6. The van der Waals surface area contributed by atoms with Gasteiger partial charge in [-0.15, -0.1) is 6.58 Å². The minimum absolute atomic E-state index is 0.0405. The highest BCUT2D eigenvalue weighted by molar-refractivity contribution is 5.82. The van der Waals surface area contributed by atoms with Crippen LogP contribution in [0.1, 0.15) is 6.92 Å². The van der Waals surface area contributed by atoms with Crippen molar-refractivity contribution in [2.75, 3.05) is 26.2 Å². The van der Waals surface area contributed by atoms with Crippen molar-refractivity contribution in [2.24, 2.45) is 11.7 Å². The first-order chi connectivity index (χ1) is 6.69. The first kappa shape index (κ1) is 11.2. The van der Waals surface area contributed by atoms with Crippen molar-refractivity contribution >= 4 is 5.91 Å². The molecule has 0 aromatic heterocycles. The van der Waals surface area contributed by atoms with Gasteiger partial charge in [-0.3, -0.25) is 9.69 Å². The molecule has 1 saturated heterocycles. The topological polar surface area (TPSA) is 58.4 Å². The second kappa shape index (κ2) is 5.12.